The third kappa shape index (κ3) is 2.69. The van der Waals surface area contributed by atoms with Crippen molar-refractivity contribution in [2.75, 3.05) is 0 Å². The van der Waals surface area contributed by atoms with Crippen molar-refractivity contribution in [1.82, 2.24) is 10.4 Å². The maximum atomic E-state index is 12.2. The van der Waals surface area contributed by atoms with E-state index in [4.69, 9.17) is 0 Å². The fourth-order valence-electron chi connectivity index (χ4n) is 4.53. The highest BCUT2D eigenvalue weighted by atomic mass is 32.1. The monoisotopic (exact) mass is 355 g/mol. The summed E-state index contributed by atoms with van der Waals surface area (Å²) in [5.41, 5.74) is 5.43. The van der Waals surface area contributed by atoms with Crippen LogP contribution >= 0.6 is 11.3 Å². The smallest absolute Gasteiger partial charge is 0.240 e. The van der Waals surface area contributed by atoms with Gasteiger partial charge >= 0.3 is 0 Å². The summed E-state index contributed by atoms with van der Waals surface area (Å²) in [6.45, 7) is 7.01. The van der Waals surface area contributed by atoms with E-state index >= 15 is 0 Å². The van der Waals surface area contributed by atoms with Gasteiger partial charge in [-0.15, -0.1) is 11.3 Å². The molecule has 0 unspecified atom stereocenters. The lowest BCUT2D eigenvalue weighted by atomic mass is 9.70. The first-order chi connectivity index (χ1) is 11.9. The van der Waals surface area contributed by atoms with Crippen LogP contribution in [0.3, 0.4) is 0 Å². The average Bonchev–Trinajstić information content (AvgIpc) is 3.16. The molecule has 132 valence electrons. The van der Waals surface area contributed by atoms with E-state index in [2.05, 4.69) is 42.3 Å². The zero-order valence-electron chi connectivity index (χ0n) is 15.1. The molecule has 0 spiro atoms. The van der Waals surface area contributed by atoms with Crippen LogP contribution in [-0.2, 0) is 11.2 Å². The average molecular weight is 356 g/mol. The summed E-state index contributed by atoms with van der Waals surface area (Å²) in [5, 5.41) is 5.54. The second kappa shape index (κ2) is 5.90. The Balaban J connectivity index is 1.37. The molecular weight excluding hydrogens is 330 g/mol. The summed E-state index contributed by atoms with van der Waals surface area (Å²) >= 11 is 1.66. The summed E-state index contributed by atoms with van der Waals surface area (Å²) in [4.78, 5) is 16.8. The third-order valence-corrected chi connectivity index (χ3v) is 7.83. The Bertz CT molecular complexity index is 820. The van der Waals surface area contributed by atoms with Crippen molar-refractivity contribution in [2.24, 2.45) is 21.8 Å². The predicted molar refractivity (Wildman–Crippen MR) is 103 cm³/mol. The highest BCUT2D eigenvalue weighted by Crippen LogP contribution is 2.63. The normalized spacial score (nSPS) is 28.8. The molecule has 1 N–H and O–H groups in total. The number of carbonyl (C=O) groups is 1. The SMILES string of the molecule is CC1(C)[C@H]2CC[C@]1(C)/C(=N/NC(=O)CCc1nc3ccccc3s1)C2. The highest BCUT2D eigenvalue weighted by molar-refractivity contribution is 7.18. The van der Waals surface area contributed by atoms with Crippen LogP contribution in [0, 0.1) is 16.7 Å². The van der Waals surface area contributed by atoms with E-state index in [1.807, 2.05) is 18.2 Å². The largest absolute Gasteiger partial charge is 0.273 e. The lowest BCUT2D eigenvalue weighted by Gasteiger charge is -2.34. The number of rotatable bonds is 4. The zero-order chi connectivity index (χ0) is 17.7. The number of amides is 1. The topological polar surface area (TPSA) is 54.4 Å². The molecule has 2 bridgehead atoms. The van der Waals surface area contributed by atoms with E-state index in [9.17, 15) is 4.79 Å². The van der Waals surface area contributed by atoms with Gasteiger partial charge in [0.2, 0.25) is 5.91 Å². The number of carbonyl (C=O) groups excluding carboxylic acids is 1. The van der Waals surface area contributed by atoms with Crippen molar-refractivity contribution in [3.63, 3.8) is 0 Å². The molecule has 0 radical (unpaired) electrons. The van der Waals surface area contributed by atoms with Gasteiger partial charge in [-0.3, -0.25) is 4.79 Å². The Hall–Kier alpha value is -1.75. The van der Waals surface area contributed by atoms with Gasteiger partial charge in [-0.25, -0.2) is 10.4 Å². The van der Waals surface area contributed by atoms with Crippen molar-refractivity contribution in [3.8, 4) is 0 Å². The lowest BCUT2D eigenvalue weighted by molar-refractivity contribution is -0.121. The number of aromatic nitrogens is 1. The van der Waals surface area contributed by atoms with Crippen molar-refractivity contribution in [1.29, 1.82) is 0 Å². The molecule has 2 fully saturated rings. The van der Waals surface area contributed by atoms with Gasteiger partial charge in [0, 0.05) is 24.0 Å². The van der Waals surface area contributed by atoms with E-state index in [1.165, 1.54) is 23.3 Å². The molecule has 2 saturated carbocycles. The number of para-hydroxylation sites is 1. The maximum absolute atomic E-state index is 12.2. The van der Waals surface area contributed by atoms with Crippen molar-refractivity contribution in [2.45, 2.75) is 52.9 Å². The van der Waals surface area contributed by atoms with Gasteiger partial charge < -0.3 is 0 Å². The molecule has 1 heterocycles. The van der Waals surface area contributed by atoms with Gasteiger partial charge in [0.05, 0.1) is 15.2 Å². The van der Waals surface area contributed by atoms with E-state index in [0.717, 1.165) is 16.9 Å². The third-order valence-electron chi connectivity index (χ3n) is 6.73. The van der Waals surface area contributed by atoms with E-state index in [-0.39, 0.29) is 16.7 Å². The fourth-order valence-corrected chi connectivity index (χ4v) is 5.50. The number of fused-ring (bicyclic) bond motifs is 3. The van der Waals surface area contributed by atoms with Crippen LogP contribution in [0.1, 0.15) is 51.5 Å². The van der Waals surface area contributed by atoms with Crippen LogP contribution in [0.2, 0.25) is 0 Å². The summed E-state index contributed by atoms with van der Waals surface area (Å²) in [6.07, 6.45) is 4.60. The molecule has 2 aliphatic rings. The molecule has 4 rings (SSSR count). The molecule has 0 aliphatic heterocycles. The Morgan fingerprint density at radius 3 is 2.84 bits per heavy atom. The number of nitrogens with zero attached hydrogens (tertiary/aromatic N) is 2. The first-order valence-corrected chi connectivity index (χ1v) is 9.92. The zero-order valence-corrected chi connectivity index (χ0v) is 15.9. The number of thiazole rings is 1. The van der Waals surface area contributed by atoms with Crippen LogP contribution in [-0.4, -0.2) is 16.6 Å². The Morgan fingerprint density at radius 1 is 1.36 bits per heavy atom. The molecule has 1 amide bonds. The molecule has 4 nitrogen and oxygen atoms in total. The second-order valence-corrected chi connectivity index (χ2v) is 9.28. The van der Waals surface area contributed by atoms with Crippen LogP contribution in [0.5, 0.6) is 0 Å². The van der Waals surface area contributed by atoms with E-state index in [0.29, 0.717) is 18.8 Å². The van der Waals surface area contributed by atoms with Crippen LogP contribution in [0.15, 0.2) is 29.4 Å². The number of hydrogen-bond donors (Lipinski definition) is 1. The van der Waals surface area contributed by atoms with E-state index in [1.54, 1.807) is 11.3 Å². The lowest BCUT2D eigenvalue weighted by Crippen LogP contribution is -2.34. The van der Waals surface area contributed by atoms with Crippen LogP contribution < -0.4 is 5.43 Å². The quantitative estimate of drug-likeness (QED) is 0.818. The molecule has 2 aromatic rings. The van der Waals surface area contributed by atoms with Crippen molar-refractivity contribution < 1.29 is 4.79 Å². The van der Waals surface area contributed by atoms with Crippen molar-refractivity contribution >= 4 is 33.2 Å². The van der Waals surface area contributed by atoms with Gasteiger partial charge in [0.25, 0.3) is 0 Å². The summed E-state index contributed by atoms with van der Waals surface area (Å²) in [5.74, 6) is 0.687. The van der Waals surface area contributed by atoms with Gasteiger partial charge in [-0.1, -0.05) is 32.9 Å². The van der Waals surface area contributed by atoms with Gasteiger partial charge in [0.1, 0.15) is 0 Å². The Labute approximate surface area is 152 Å². The van der Waals surface area contributed by atoms with Crippen LogP contribution in [0.4, 0.5) is 0 Å². The molecular formula is C20H25N3OS. The first kappa shape index (κ1) is 16.7. The molecule has 2 atom stereocenters. The van der Waals surface area contributed by atoms with Gasteiger partial charge in [-0.2, -0.15) is 5.10 Å². The molecule has 2 aliphatic carbocycles. The van der Waals surface area contributed by atoms with Gasteiger partial charge in [0.15, 0.2) is 0 Å². The number of hydrogen-bond acceptors (Lipinski definition) is 4. The second-order valence-electron chi connectivity index (χ2n) is 8.16. The number of aryl methyl sites for hydroxylation is 1. The number of hydrazone groups is 1. The van der Waals surface area contributed by atoms with Crippen LogP contribution in [0.25, 0.3) is 10.2 Å². The number of benzene rings is 1. The maximum Gasteiger partial charge on any atom is 0.240 e. The number of nitrogens with one attached hydrogen (secondary N) is 1. The Kier molecular flexibility index (Phi) is 3.95. The van der Waals surface area contributed by atoms with E-state index < -0.39 is 0 Å². The summed E-state index contributed by atoms with van der Waals surface area (Å²) in [6, 6.07) is 8.09. The van der Waals surface area contributed by atoms with Crippen molar-refractivity contribution in [3.05, 3.63) is 29.3 Å². The fraction of sp³-hybridized carbons (Fsp3) is 0.550. The minimum atomic E-state index is -0.0177. The summed E-state index contributed by atoms with van der Waals surface area (Å²) < 4.78 is 1.18. The van der Waals surface area contributed by atoms with Gasteiger partial charge in [-0.05, 0) is 42.7 Å². The molecule has 5 heteroatoms. The Morgan fingerprint density at radius 2 is 2.16 bits per heavy atom. The molecule has 0 saturated heterocycles. The molecule has 1 aromatic heterocycles. The minimum absolute atomic E-state index is 0.0177. The highest BCUT2D eigenvalue weighted by Gasteiger charge is 2.59. The summed E-state index contributed by atoms with van der Waals surface area (Å²) in [7, 11) is 0. The molecule has 1 aromatic carbocycles. The minimum Gasteiger partial charge on any atom is -0.273 e. The standard InChI is InChI=1S/C20H25N3OS/c1-19(2)13-10-11-20(19,3)16(12-13)22-23-17(24)8-9-18-21-14-6-4-5-7-15(14)25-18/h4-7,13H,8-12H2,1-3H3,(H,23,24)/b22-16+/t13-,20+/m0/s1. The molecule has 25 heavy (non-hydrogen) atoms. The predicted octanol–water partition coefficient (Wildman–Crippen LogP) is 4.55. The first-order valence-electron chi connectivity index (χ1n) is 9.10.